The van der Waals surface area contributed by atoms with E-state index >= 15 is 0 Å². The maximum absolute atomic E-state index is 13.9. The van der Waals surface area contributed by atoms with Crippen molar-refractivity contribution < 1.29 is 21.6 Å². The van der Waals surface area contributed by atoms with Crippen LogP contribution in [0.3, 0.4) is 0 Å². The quantitative estimate of drug-likeness (QED) is 0.317. The van der Waals surface area contributed by atoms with Crippen molar-refractivity contribution in [2.75, 3.05) is 17.4 Å². The molecule has 1 saturated heterocycles. The zero-order chi connectivity index (χ0) is 26.6. The van der Waals surface area contributed by atoms with E-state index in [0.29, 0.717) is 40.9 Å². The van der Waals surface area contributed by atoms with Crippen LogP contribution in [0.4, 0.5) is 14.5 Å². The summed E-state index contributed by atoms with van der Waals surface area (Å²) >= 11 is 6.21. The fourth-order valence-corrected chi connectivity index (χ4v) is 6.78. The van der Waals surface area contributed by atoms with Crippen LogP contribution >= 0.6 is 11.6 Å². The normalized spacial score (nSPS) is 15.5. The molecule has 1 aromatic carbocycles. The number of rotatable bonds is 10. The second-order valence-corrected chi connectivity index (χ2v) is 11.6. The summed E-state index contributed by atoms with van der Waals surface area (Å²) < 4.78 is 59.7. The smallest absolute Gasteiger partial charge is 0.314 e. The van der Waals surface area contributed by atoms with Gasteiger partial charge in [-0.3, -0.25) is 9.29 Å². The van der Waals surface area contributed by atoms with Crippen LogP contribution in [0.15, 0.2) is 47.0 Å². The van der Waals surface area contributed by atoms with Crippen LogP contribution in [0.1, 0.15) is 57.5 Å². The van der Waals surface area contributed by atoms with Gasteiger partial charge in [-0.05, 0) is 69.1 Å². The van der Waals surface area contributed by atoms with Gasteiger partial charge in [0.25, 0.3) is 5.89 Å². The van der Waals surface area contributed by atoms with Crippen molar-refractivity contribution in [2.24, 2.45) is 0 Å². The standard InChI is InChI=1S/C25H30ClF2N5O3S/c1-3-20(4-2)32-12-10-22(11-13-32)37(34,35)33(21-7-5-6-18(26)14-21)16-19-9-8-17(15-29-19)24-30-31-25(36-24)23(27)28/h5-9,14-15,20,22-23H,3-4,10-13,16H2,1-2H3. The molecule has 0 unspecified atom stereocenters. The van der Waals surface area contributed by atoms with Gasteiger partial charge in [0.2, 0.25) is 15.9 Å². The summed E-state index contributed by atoms with van der Waals surface area (Å²) in [6, 6.07) is 10.4. The fraction of sp³-hybridized carbons (Fsp3) is 0.480. The van der Waals surface area contributed by atoms with Crippen LogP contribution < -0.4 is 4.31 Å². The molecule has 1 aliphatic rings. The van der Waals surface area contributed by atoms with Crippen molar-refractivity contribution in [3.05, 3.63) is 59.2 Å². The molecule has 0 spiro atoms. The Kier molecular flexibility index (Phi) is 8.76. The van der Waals surface area contributed by atoms with E-state index in [1.807, 2.05) is 0 Å². The lowest BCUT2D eigenvalue weighted by molar-refractivity contribution is 0.116. The molecule has 1 fully saturated rings. The number of hydrogen-bond donors (Lipinski definition) is 0. The molecule has 3 aromatic rings. The molecule has 0 N–H and O–H groups in total. The number of likely N-dealkylation sites (tertiary alicyclic amines) is 1. The third kappa shape index (κ3) is 6.27. The molecule has 4 rings (SSSR count). The fourth-order valence-electron chi connectivity index (χ4n) is 4.71. The Balaban J connectivity index is 1.57. The third-order valence-corrected chi connectivity index (χ3v) is 9.27. The number of halogens is 3. The summed E-state index contributed by atoms with van der Waals surface area (Å²) in [5.74, 6) is -0.856. The summed E-state index contributed by atoms with van der Waals surface area (Å²) in [6.45, 7) is 5.77. The molecule has 200 valence electrons. The summed E-state index contributed by atoms with van der Waals surface area (Å²) in [6.07, 6.45) is 1.70. The van der Waals surface area contributed by atoms with Gasteiger partial charge in [0.1, 0.15) is 0 Å². The lowest BCUT2D eigenvalue weighted by Crippen LogP contribution is -2.48. The molecule has 12 heteroatoms. The summed E-state index contributed by atoms with van der Waals surface area (Å²) in [5, 5.41) is 6.85. The molecule has 0 amide bonds. The Bertz CT molecular complexity index is 1280. The van der Waals surface area contributed by atoms with E-state index in [1.54, 1.807) is 36.4 Å². The summed E-state index contributed by atoms with van der Waals surface area (Å²) in [5.41, 5.74) is 1.28. The first-order valence-corrected chi connectivity index (χ1v) is 14.2. The Morgan fingerprint density at radius 1 is 1.14 bits per heavy atom. The van der Waals surface area contributed by atoms with E-state index in [1.165, 1.54) is 10.5 Å². The van der Waals surface area contributed by atoms with Crippen molar-refractivity contribution in [3.63, 3.8) is 0 Å². The van der Waals surface area contributed by atoms with E-state index in [0.717, 1.165) is 25.9 Å². The van der Waals surface area contributed by atoms with Crippen molar-refractivity contribution in [3.8, 4) is 11.5 Å². The lowest BCUT2D eigenvalue weighted by Gasteiger charge is -2.38. The van der Waals surface area contributed by atoms with Gasteiger partial charge >= 0.3 is 6.43 Å². The van der Waals surface area contributed by atoms with E-state index in [9.17, 15) is 17.2 Å². The number of pyridine rings is 1. The molecule has 1 aliphatic heterocycles. The van der Waals surface area contributed by atoms with E-state index in [4.69, 9.17) is 16.0 Å². The van der Waals surface area contributed by atoms with Crippen LogP contribution in [0, 0.1) is 0 Å². The first kappa shape index (κ1) is 27.4. The second kappa shape index (κ2) is 11.8. The summed E-state index contributed by atoms with van der Waals surface area (Å²) in [4.78, 5) is 6.73. The van der Waals surface area contributed by atoms with Gasteiger partial charge < -0.3 is 9.32 Å². The first-order valence-electron chi connectivity index (χ1n) is 12.3. The average molecular weight is 554 g/mol. The number of nitrogens with zero attached hydrogens (tertiary/aromatic N) is 5. The second-order valence-electron chi connectivity index (χ2n) is 9.02. The highest BCUT2D eigenvalue weighted by atomic mass is 35.5. The van der Waals surface area contributed by atoms with Crippen molar-refractivity contribution in [1.29, 1.82) is 0 Å². The molecule has 8 nitrogen and oxygen atoms in total. The molecule has 3 heterocycles. The molecular weight excluding hydrogens is 524 g/mol. The van der Waals surface area contributed by atoms with Gasteiger partial charge in [-0.1, -0.05) is 31.5 Å². The Labute approximate surface area is 220 Å². The molecule has 2 aromatic heterocycles. The number of hydrogen-bond acceptors (Lipinski definition) is 7. The monoisotopic (exact) mass is 553 g/mol. The van der Waals surface area contributed by atoms with Gasteiger partial charge in [0.05, 0.1) is 28.7 Å². The third-order valence-electron chi connectivity index (χ3n) is 6.76. The predicted octanol–water partition coefficient (Wildman–Crippen LogP) is 5.71. The maximum atomic E-state index is 13.9. The molecule has 0 atom stereocenters. The Morgan fingerprint density at radius 2 is 1.86 bits per heavy atom. The largest absolute Gasteiger partial charge is 0.415 e. The molecular formula is C25H30ClF2N5O3S. The minimum Gasteiger partial charge on any atom is -0.415 e. The molecule has 0 saturated carbocycles. The van der Waals surface area contributed by atoms with E-state index < -0.39 is 27.6 Å². The van der Waals surface area contributed by atoms with Crippen LogP contribution in [-0.4, -0.2) is 52.9 Å². The Morgan fingerprint density at radius 3 is 2.43 bits per heavy atom. The predicted molar refractivity (Wildman–Crippen MR) is 138 cm³/mol. The van der Waals surface area contributed by atoms with Crippen LogP contribution in [0.25, 0.3) is 11.5 Å². The number of aromatic nitrogens is 3. The minimum atomic E-state index is -3.74. The Hall–Kier alpha value is -2.63. The molecule has 0 aliphatic carbocycles. The maximum Gasteiger partial charge on any atom is 0.314 e. The van der Waals surface area contributed by atoms with Crippen molar-refractivity contribution in [2.45, 2.75) is 63.8 Å². The lowest BCUT2D eigenvalue weighted by atomic mass is 10.0. The van der Waals surface area contributed by atoms with Crippen molar-refractivity contribution >= 4 is 27.3 Å². The topological polar surface area (TPSA) is 92.4 Å². The first-order chi connectivity index (χ1) is 17.7. The zero-order valence-electron chi connectivity index (χ0n) is 20.7. The van der Waals surface area contributed by atoms with Gasteiger partial charge in [-0.25, -0.2) is 8.42 Å². The number of alkyl halides is 2. The van der Waals surface area contributed by atoms with Crippen LogP contribution in [0.5, 0.6) is 0 Å². The van der Waals surface area contributed by atoms with Crippen LogP contribution in [0.2, 0.25) is 5.02 Å². The van der Waals surface area contributed by atoms with Gasteiger partial charge in [0.15, 0.2) is 0 Å². The minimum absolute atomic E-state index is 0.0121. The van der Waals surface area contributed by atoms with Gasteiger partial charge in [0, 0.05) is 17.3 Å². The highest BCUT2D eigenvalue weighted by Gasteiger charge is 2.36. The SMILES string of the molecule is CCC(CC)N1CCC(S(=O)(=O)N(Cc2ccc(-c3nnc(C(F)F)o3)cn2)c2cccc(Cl)c2)CC1. The number of benzene rings is 1. The number of anilines is 1. The molecule has 37 heavy (non-hydrogen) atoms. The van der Waals surface area contributed by atoms with Crippen molar-refractivity contribution in [1.82, 2.24) is 20.1 Å². The highest BCUT2D eigenvalue weighted by molar-refractivity contribution is 7.93. The number of sulfonamides is 1. The van der Waals surface area contributed by atoms with Crippen LogP contribution in [-0.2, 0) is 16.6 Å². The van der Waals surface area contributed by atoms with Gasteiger partial charge in [-0.2, -0.15) is 8.78 Å². The summed E-state index contributed by atoms with van der Waals surface area (Å²) in [7, 11) is -3.74. The van der Waals surface area contributed by atoms with E-state index in [2.05, 4.69) is 33.9 Å². The molecule has 0 radical (unpaired) electrons. The number of piperidine rings is 1. The zero-order valence-corrected chi connectivity index (χ0v) is 22.3. The highest BCUT2D eigenvalue weighted by Crippen LogP contribution is 2.31. The van der Waals surface area contributed by atoms with E-state index in [-0.39, 0.29) is 12.4 Å². The van der Waals surface area contributed by atoms with Gasteiger partial charge in [-0.15, -0.1) is 10.2 Å². The molecule has 0 bridgehead atoms. The average Bonchev–Trinajstić information content (AvgIpc) is 3.39.